The van der Waals surface area contributed by atoms with Gasteiger partial charge in [0.15, 0.2) is 0 Å². The molecule has 0 saturated heterocycles. The number of carbonyl (C=O) groups is 1. The van der Waals surface area contributed by atoms with Gasteiger partial charge < -0.3 is 9.67 Å². The molecule has 2 rings (SSSR count). The predicted molar refractivity (Wildman–Crippen MR) is 60.0 cm³/mol. The van der Waals surface area contributed by atoms with Gasteiger partial charge in [-0.1, -0.05) is 6.07 Å². The maximum absolute atomic E-state index is 10.8. The first-order valence-corrected chi connectivity index (χ1v) is 4.94. The Morgan fingerprint density at radius 1 is 1.38 bits per heavy atom. The van der Waals surface area contributed by atoms with Gasteiger partial charge in [0.2, 0.25) is 0 Å². The summed E-state index contributed by atoms with van der Waals surface area (Å²) in [6, 6.07) is 6.80. The van der Waals surface area contributed by atoms with Crippen molar-refractivity contribution in [3.8, 4) is 5.69 Å². The molecule has 0 aliphatic carbocycles. The number of carboxylic acid groups (broad SMARTS) is 1. The summed E-state index contributed by atoms with van der Waals surface area (Å²) in [6.07, 6.45) is 1.70. The van der Waals surface area contributed by atoms with Gasteiger partial charge in [-0.25, -0.2) is 9.78 Å². The van der Waals surface area contributed by atoms with Crippen LogP contribution in [-0.2, 0) is 0 Å². The number of hydrogen-bond acceptors (Lipinski definition) is 2. The van der Waals surface area contributed by atoms with Crippen LogP contribution in [-0.4, -0.2) is 20.6 Å². The van der Waals surface area contributed by atoms with Crippen molar-refractivity contribution in [3.05, 3.63) is 47.5 Å². The average molecular weight is 216 g/mol. The lowest BCUT2D eigenvalue weighted by molar-refractivity contribution is 0.0697. The number of benzene rings is 1. The van der Waals surface area contributed by atoms with Crippen LogP contribution in [0.2, 0.25) is 0 Å². The van der Waals surface area contributed by atoms with Crippen LogP contribution < -0.4 is 0 Å². The molecular weight excluding hydrogens is 204 g/mol. The Labute approximate surface area is 93.2 Å². The highest BCUT2D eigenvalue weighted by Gasteiger charge is 2.07. The fourth-order valence-corrected chi connectivity index (χ4v) is 1.55. The summed E-state index contributed by atoms with van der Waals surface area (Å²) >= 11 is 0. The Morgan fingerprint density at radius 2 is 2.12 bits per heavy atom. The highest BCUT2D eigenvalue weighted by Crippen LogP contribution is 2.15. The smallest absolute Gasteiger partial charge is 0.335 e. The second-order valence-electron chi connectivity index (χ2n) is 3.64. The summed E-state index contributed by atoms with van der Waals surface area (Å²) in [5.41, 5.74) is 3.06. The number of aryl methyl sites for hydroxylation is 1. The van der Waals surface area contributed by atoms with Crippen LogP contribution in [0.3, 0.4) is 0 Å². The van der Waals surface area contributed by atoms with Crippen molar-refractivity contribution in [2.45, 2.75) is 13.8 Å². The summed E-state index contributed by atoms with van der Waals surface area (Å²) in [4.78, 5) is 15.0. The van der Waals surface area contributed by atoms with E-state index < -0.39 is 5.97 Å². The van der Waals surface area contributed by atoms with E-state index >= 15 is 0 Å². The topological polar surface area (TPSA) is 55.1 Å². The highest BCUT2D eigenvalue weighted by atomic mass is 16.4. The summed E-state index contributed by atoms with van der Waals surface area (Å²) in [6.45, 7) is 3.88. The van der Waals surface area contributed by atoms with Crippen LogP contribution in [0.1, 0.15) is 21.7 Å². The summed E-state index contributed by atoms with van der Waals surface area (Å²) in [5, 5.41) is 8.91. The minimum Gasteiger partial charge on any atom is -0.478 e. The molecule has 0 aliphatic heterocycles. The minimum absolute atomic E-state index is 0.281. The highest BCUT2D eigenvalue weighted by molar-refractivity contribution is 5.88. The fraction of sp³-hybridized carbons (Fsp3) is 0.167. The predicted octanol–water partition coefficient (Wildman–Crippen LogP) is 2.19. The minimum atomic E-state index is -0.920. The maximum atomic E-state index is 10.8. The Bertz CT molecular complexity index is 544. The number of aromatic nitrogens is 2. The molecule has 16 heavy (non-hydrogen) atoms. The molecule has 4 nitrogen and oxygen atoms in total. The summed E-state index contributed by atoms with van der Waals surface area (Å²) < 4.78 is 1.88. The van der Waals surface area contributed by atoms with Crippen molar-refractivity contribution in [3.63, 3.8) is 0 Å². The van der Waals surface area contributed by atoms with Crippen LogP contribution in [0.4, 0.5) is 0 Å². The number of aromatic carboxylic acids is 1. The van der Waals surface area contributed by atoms with Gasteiger partial charge in [-0.2, -0.15) is 0 Å². The molecule has 1 heterocycles. The quantitative estimate of drug-likeness (QED) is 0.837. The molecule has 1 aromatic carbocycles. The van der Waals surface area contributed by atoms with Gasteiger partial charge in [-0.3, -0.25) is 0 Å². The van der Waals surface area contributed by atoms with Crippen molar-refractivity contribution >= 4 is 5.97 Å². The molecule has 0 fully saturated rings. The van der Waals surface area contributed by atoms with Crippen LogP contribution >= 0.6 is 0 Å². The first kappa shape index (κ1) is 10.4. The number of imidazole rings is 1. The third-order valence-electron chi connectivity index (χ3n) is 2.62. The van der Waals surface area contributed by atoms with Crippen molar-refractivity contribution in [1.82, 2.24) is 9.55 Å². The molecule has 1 aromatic heterocycles. The van der Waals surface area contributed by atoms with Gasteiger partial charge in [-0.15, -0.1) is 0 Å². The lowest BCUT2D eigenvalue weighted by Gasteiger charge is -2.06. The van der Waals surface area contributed by atoms with E-state index in [1.54, 1.807) is 24.5 Å². The van der Waals surface area contributed by atoms with Crippen LogP contribution in [0, 0.1) is 13.8 Å². The number of rotatable bonds is 2. The molecule has 4 heteroatoms. The largest absolute Gasteiger partial charge is 0.478 e. The average Bonchev–Trinajstić information content (AvgIpc) is 2.60. The van der Waals surface area contributed by atoms with Crippen molar-refractivity contribution in [2.24, 2.45) is 0 Å². The number of carboxylic acids is 1. The molecule has 0 amide bonds. The number of nitrogens with zero attached hydrogens (tertiary/aromatic N) is 2. The summed E-state index contributed by atoms with van der Waals surface area (Å²) in [5.74, 6) is -0.920. The van der Waals surface area contributed by atoms with Crippen molar-refractivity contribution < 1.29 is 9.90 Å². The molecule has 2 aromatic rings. The third-order valence-corrected chi connectivity index (χ3v) is 2.62. The lowest BCUT2D eigenvalue weighted by Crippen LogP contribution is -2.00. The van der Waals surface area contributed by atoms with Crippen LogP contribution in [0.5, 0.6) is 0 Å². The summed E-state index contributed by atoms with van der Waals surface area (Å²) in [7, 11) is 0. The van der Waals surface area contributed by atoms with Crippen LogP contribution in [0.15, 0.2) is 30.6 Å². The third kappa shape index (κ3) is 1.69. The van der Waals surface area contributed by atoms with Gasteiger partial charge in [-0.05, 0) is 32.0 Å². The first-order chi connectivity index (χ1) is 7.59. The van der Waals surface area contributed by atoms with Gasteiger partial charge in [0.1, 0.15) is 0 Å². The normalized spacial score (nSPS) is 10.4. The van der Waals surface area contributed by atoms with E-state index in [4.69, 9.17) is 5.11 Å². The molecule has 0 spiro atoms. The molecule has 0 aliphatic rings. The SMILES string of the molecule is Cc1ncn(-c2cccc(C(=O)O)c2)c1C. The van der Waals surface area contributed by atoms with E-state index in [0.717, 1.165) is 17.1 Å². The van der Waals surface area contributed by atoms with Crippen LogP contribution in [0.25, 0.3) is 5.69 Å². The molecule has 82 valence electrons. The second-order valence-corrected chi connectivity index (χ2v) is 3.64. The standard InChI is InChI=1S/C12H12N2O2/c1-8-9(2)14(7-13-8)11-5-3-4-10(6-11)12(15)16/h3-7H,1-2H3,(H,15,16). The van der Waals surface area contributed by atoms with Gasteiger partial charge in [0.25, 0.3) is 0 Å². The molecule has 1 N–H and O–H groups in total. The fourth-order valence-electron chi connectivity index (χ4n) is 1.55. The maximum Gasteiger partial charge on any atom is 0.335 e. The molecular formula is C12H12N2O2. The molecule has 0 unspecified atom stereocenters. The zero-order valence-corrected chi connectivity index (χ0v) is 9.14. The first-order valence-electron chi connectivity index (χ1n) is 4.94. The molecule has 0 radical (unpaired) electrons. The van der Waals surface area contributed by atoms with Crippen molar-refractivity contribution in [1.29, 1.82) is 0 Å². The second kappa shape index (κ2) is 3.81. The Kier molecular flexibility index (Phi) is 2.48. The van der Waals surface area contributed by atoms with E-state index in [0.29, 0.717) is 0 Å². The Balaban J connectivity index is 2.52. The lowest BCUT2D eigenvalue weighted by atomic mass is 10.2. The van der Waals surface area contributed by atoms with Gasteiger partial charge >= 0.3 is 5.97 Å². The zero-order chi connectivity index (χ0) is 11.7. The van der Waals surface area contributed by atoms with E-state index in [1.165, 1.54) is 0 Å². The molecule has 0 atom stereocenters. The van der Waals surface area contributed by atoms with E-state index in [1.807, 2.05) is 24.5 Å². The van der Waals surface area contributed by atoms with Gasteiger partial charge in [0.05, 0.1) is 17.6 Å². The molecule has 0 saturated carbocycles. The van der Waals surface area contributed by atoms with Gasteiger partial charge in [0, 0.05) is 11.4 Å². The number of hydrogen-bond donors (Lipinski definition) is 1. The molecule has 0 bridgehead atoms. The van der Waals surface area contributed by atoms with E-state index in [-0.39, 0.29) is 5.56 Å². The monoisotopic (exact) mass is 216 g/mol. The van der Waals surface area contributed by atoms with E-state index in [9.17, 15) is 4.79 Å². The Hall–Kier alpha value is -2.10. The van der Waals surface area contributed by atoms with Crippen molar-refractivity contribution in [2.75, 3.05) is 0 Å². The zero-order valence-electron chi connectivity index (χ0n) is 9.14. The van der Waals surface area contributed by atoms with E-state index in [2.05, 4.69) is 4.98 Å². The Morgan fingerprint density at radius 3 is 2.69 bits per heavy atom.